The number of hydrogen-bond donors (Lipinski definition) is 4. The number of methoxy groups -OCH3 is 1. The zero-order valence-corrected chi connectivity index (χ0v) is 30.2. The van der Waals surface area contributed by atoms with Gasteiger partial charge in [0.25, 0.3) is 0 Å². The number of nitrogens with zero attached hydrogens (tertiary/aromatic N) is 1. The maximum atomic E-state index is 12.9. The van der Waals surface area contributed by atoms with E-state index in [1.807, 2.05) is 91.0 Å². The van der Waals surface area contributed by atoms with Crippen molar-refractivity contribution in [3.8, 4) is 0 Å². The van der Waals surface area contributed by atoms with Crippen LogP contribution in [-0.2, 0) is 37.6 Å². The van der Waals surface area contributed by atoms with Crippen LogP contribution in [0, 0.1) is 5.92 Å². The summed E-state index contributed by atoms with van der Waals surface area (Å²) >= 11 is 6.09. The Morgan fingerprint density at radius 2 is 1.56 bits per heavy atom. The molecule has 2 aliphatic heterocycles. The minimum Gasteiger partial charge on any atom is -0.467 e. The molecule has 0 saturated carbocycles. The molecule has 4 aromatic rings. The van der Waals surface area contributed by atoms with E-state index < -0.39 is 29.9 Å². The summed E-state index contributed by atoms with van der Waals surface area (Å²) in [7, 11) is 1.29. The number of rotatable bonds is 11. The van der Waals surface area contributed by atoms with Crippen LogP contribution < -0.4 is 10.6 Å². The van der Waals surface area contributed by atoms with Gasteiger partial charge in [-0.3, -0.25) is 0 Å². The van der Waals surface area contributed by atoms with Gasteiger partial charge in [-0.1, -0.05) is 97.4 Å². The van der Waals surface area contributed by atoms with Crippen molar-refractivity contribution in [3.05, 3.63) is 136 Å². The van der Waals surface area contributed by atoms with Crippen LogP contribution in [0.2, 0.25) is 5.02 Å². The van der Waals surface area contributed by atoms with Gasteiger partial charge in [-0.2, -0.15) is 0 Å². The van der Waals surface area contributed by atoms with Crippen LogP contribution in [0.3, 0.4) is 0 Å². The van der Waals surface area contributed by atoms with E-state index in [1.54, 1.807) is 12.1 Å². The quantitative estimate of drug-likeness (QED) is 0.129. The molecule has 2 amide bonds. The number of anilines is 1. The number of esters is 1. The number of aliphatic hydroxyl groups excluding tert-OH is 1. The number of ether oxygens (including phenoxy) is 3. The van der Waals surface area contributed by atoms with Gasteiger partial charge in [0.2, 0.25) is 0 Å². The first-order chi connectivity index (χ1) is 25.1. The van der Waals surface area contributed by atoms with Crippen LogP contribution in [0.1, 0.15) is 60.0 Å². The first-order valence-electron chi connectivity index (χ1n) is 17.6. The fraction of sp³-hybridized carbons (Fsp3) is 0.366. The maximum absolute atomic E-state index is 12.9. The van der Waals surface area contributed by atoms with Crippen molar-refractivity contribution in [2.75, 3.05) is 32.1 Å². The summed E-state index contributed by atoms with van der Waals surface area (Å²) in [6.45, 7) is 4.16. The first kappa shape index (κ1) is 37.5. The Hall–Kier alpha value is -4.29. The second-order valence-electron chi connectivity index (χ2n) is 13.6. The van der Waals surface area contributed by atoms with Crippen LogP contribution in [0.5, 0.6) is 0 Å². The lowest BCUT2D eigenvalue weighted by Crippen LogP contribution is -2.49. The SMILES string of the molecule is COC(=O)[C@H](Cc1ccccc1)NC(=O)Nc1ccc([C@@H]2O[C@H](CN3CCC(O)(c4ccc(Cl)cc4)CC3)[C@H](C)[C@H](c3ccc(CO)cc3)O2)cc1. The summed E-state index contributed by atoms with van der Waals surface area (Å²) in [5.74, 6) is -0.538. The van der Waals surface area contributed by atoms with Crippen LogP contribution in [0.25, 0.3) is 0 Å². The molecule has 2 fully saturated rings. The van der Waals surface area contributed by atoms with Gasteiger partial charge >= 0.3 is 12.0 Å². The van der Waals surface area contributed by atoms with E-state index in [-0.39, 0.29) is 24.7 Å². The molecule has 11 heteroatoms. The summed E-state index contributed by atoms with van der Waals surface area (Å²) in [5.41, 5.74) is 3.99. The van der Waals surface area contributed by atoms with Crippen molar-refractivity contribution in [3.63, 3.8) is 0 Å². The van der Waals surface area contributed by atoms with Crippen LogP contribution in [0.4, 0.5) is 10.5 Å². The smallest absolute Gasteiger partial charge is 0.328 e. The van der Waals surface area contributed by atoms with E-state index >= 15 is 0 Å². The number of likely N-dealkylation sites (tertiary alicyclic amines) is 1. The lowest BCUT2D eigenvalue weighted by Gasteiger charge is -2.45. The number of nitrogens with one attached hydrogen (secondary N) is 2. The zero-order chi connectivity index (χ0) is 36.7. The molecule has 2 heterocycles. The average Bonchev–Trinajstić information content (AvgIpc) is 3.17. The molecule has 52 heavy (non-hydrogen) atoms. The predicted octanol–water partition coefficient (Wildman–Crippen LogP) is 6.51. The van der Waals surface area contributed by atoms with Gasteiger partial charge in [0, 0.05) is 48.2 Å². The standard InChI is InChI=1S/C41H46ClN3O7/c1-27-36(25-45-22-20-41(49,21-23-45)32-14-16-33(42)17-15-32)51-39(52-37(27)30-10-8-29(26-46)9-11-30)31-12-18-34(19-13-31)43-40(48)44-35(38(47)50-2)24-28-6-4-3-5-7-28/h3-19,27,35-37,39,46,49H,20-26H2,1-2H3,(H2,43,44,48)/t27-,35-,36+,37+,39+/m0/s1. The van der Waals surface area contributed by atoms with Crippen molar-refractivity contribution in [2.45, 2.75) is 62.9 Å². The van der Waals surface area contributed by atoms with Gasteiger partial charge < -0.3 is 40.0 Å². The molecule has 0 unspecified atom stereocenters. The summed E-state index contributed by atoms with van der Waals surface area (Å²) < 4.78 is 18.2. The second-order valence-corrected chi connectivity index (χ2v) is 14.1. The number of carbonyl (C=O) groups excluding carboxylic acids is 2. The van der Waals surface area contributed by atoms with E-state index in [4.69, 9.17) is 25.8 Å². The molecule has 274 valence electrons. The Bertz CT molecular complexity index is 1770. The molecule has 2 aliphatic rings. The Labute approximate surface area is 309 Å². The summed E-state index contributed by atoms with van der Waals surface area (Å²) in [5, 5.41) is 27.3. The van der Waals surface area contributed by atoms with Crippen molar-refractivity contribution in [2.24, 2.45) is 5.92 Å². The van der Waals surface area contributed by atoms with E-state index in [0.29, 0.717) is 49.6 Å². The van der Waals surface area contributed by atoms with Crippen molar-refractivity contribution < 1.29 is 34.0 Å². The Morgan fingerprint density at radius 1 is 0.904 bits per heavy atom. The van der Waals surface area contributed by atoms with Crippen LogP contribution >= 0.6 is 11.6 Å². The molecule has 6 rings (SSSR count). The minimum absolute atomic E-state index is 0.00317. The molecule has 0 aliphatic carbocycles. The van der Waals surface area contributed by atoms with Gasteiger partial charge in [0.05, 0.1) is 31.5 Å². The molecule has 0 aromatic heterocycles. The van der Waals surface area contributed by atoms with Gasteiger partial charge in [-0.25, -0.2) is 9.59 Å². The topological polar surface area (TPSA) is 130 Å². The third-order valence-electron chi connectivity index (χ3n) is 10.1. The third-order valence-corrected chi connectivity index (χ3v) is 10.4. The number of halogens is 1. The highest BCUT2D eigenvalue weighted by Gasteiger charge is 2.41. The first-order valence-corrected chi connectivity index (χ1v) is 18.0. The van der Waals surface area contributed by atoms with Crippen molar-refractivity contribution in [1.82, 2.24) is 10.2 Å². The van der Waals surface area contributed by atoms with Gasteiger partial charge in [0.15, 0.2) is 6.29 Å². The highest BCUT2D eigenvalue weighted by molar-refractivity contribution is 6.30. The van der Waals surface area contributed by atoms with Crippen molar-refractivity contribution in [1.29, 1.82) is 0 Å². The number of piperidine rings is 1. The maximum Gasteiger partial charge on any atom is 0.328 e. The highest BCUT2D eigenvalue weighted by atomic mass is 35.5. The molecule has 10 nitrogen and oxygen atoms in total. The van der Waals surface area contributed by atoms with E-state index in [2.05, 4.69) is 22.5 Å². The summed E-state index contributed by atoms with van der Waals surface area (Å²) in [4.78, 5) is 27.7. The molecule has 4 N–H and O–H groups in total. The number of amides is 2. The number of urea groups is 1. The monoisotopic (exact) mass is 727 g/mol. The Morgan fingerprint density at radius 3 is 2.19 bits per heavy atom. The number of benzene rings is 4. The molecule has 5 atom stereocenters. The Kier molecular flexibility index (Phi) is 12.3. The zero-order valence-electron chi connectivity index (χ0n) is 29.4. The Balaban J connectivity index is 1.13. The molecule has 0 radical (unpaired) electrons. The molecule has 4 aromatic carbocycles. The van der Waals surface area contributed by atoms with Crippen molar-refractivity contribution >= 4 is 29.3 Å². The largest absolute Gasteiger partial charge is 0.467 e. The van der Waals surface area contributed by atoms with E-state index in [0.717, 1.165) is 27.8 Å². The molecule has 2 saturated heterocycles. The fourth-order valence-electron chi connectivity index (χ4n) is 6.97. The van der Waals surface area contributed by atoms with Crippen LogP contribution in [-0.4, -0.2) is 66.0 Å². The second kappa shape index (κ2) is 17.0. The number of hydrogen-bond acceptors (Lipinski definition) is 8. The van der Waals surface area contributed by atoms with Gasteiger partial charge in [-0.15, -0.1) is 0 Å². The fourth-order valence-corrected chi connectivity index (χ4v) is 7.10. The molecular formula is C41H46ClN3O7. The summed E-state index contributed by atoms with van der Waals surface area (Å²) in [6, 6.07) is 30.5. The highest BCUT2D eigenvalue weighted by Crippen LogP contribution is 2.43. The lowest BCUT2D eigenvalue weighted by molar-refractivity contribution is -0.277. The summed E-state index contributed by atoms with van der Waals surface area (Å²) in [6.07, 6.45) is 0.326. The average molecular weight is 728 g/mol. The van der Waals surface area contributed by atoms with E-state index in [9.17, 15) is 19.8 Å². The number of carbonyl (C=O) groups is 2. The normalized spacial score (nSPS) is 22.2. The molecule has 0 spiro atoms. The minimum atomic E-state index is -0.905. The molecular weight excluding hydrogens is 682 g/mol. The van der Waals surface area contributed by atoms with Gasteiger partial charge in [0.1, 0.15) is 6.04 Å². The van der Waals surface area contributed by atoms with E-state index in [1.165, 1.54) is 7.11 Å². The third kappa shape index (κ3) is 9.19. The van der Waals surface area contributed by atoms with Gasteiger partial charge in [-0.05, 0) is 59.4 Å². The lowest BCUT2D eigenvalue weighted by atomic mass is 9.84. The number of aliphatic hydroxyl groups is 2. The van der Waals surface area contributed by atoms with Crippen LogP contribution in [0.15, 0.2) is 103 Å². The predicted molar refractivity (Wildman–Crippen MR) is 199 cm³/mol. The molecule has 0 bridgehead atoms.